The standard InChI is InChI=1S/C40H34/c1-25-23-37(26(2)22-36(25)27-10-7-6-8-11-27)29-16-14-28(15-17-29)31-20-21-35-32-19-18-30(40(3,4)5)24-38(32)34-13-9-12-33(31)39(34)35/h6-24H,1-5H3. The molecule has 6 aromatic carbocycles. The van der Waals surface area contributed by atoms with Crippen LogP contribution < -0.4 is 0 Å². The van der Waals surface area contributed by atoms with E-state index in [0.29, 0.717) is 0 Å². The Labute approximate surface area is 238 Å². The third-order valence-electron chi connectivity index (χ3n) is 8.67. The molecule has 0 fully saturated rings. The smallest absolute Gasteiger partial charge is 0.00201 e. The molecule has 40 heavy (non-hydrogen) atoms. The van der Waals surface area contributed by atoms with Gasteiger partial charge in [0, 0.05) is 0 Å². The SMILES string of the molecule is Cc1cc(-c2ccc(-c3ccc4c5c(cccc35)-c3cc(C(C)(C)C)ccc3-4)cc2)c(C)cc1-c1ccccc1. The summed E-state index contributed by atoms with van der Waals surface area (Å²) in [4.78, 5) is 0. The highest BCUT2D eigenvalue weighted by Crippen LogP contribution is 2.50. The number of hydrogen-bond donors (Lipinski definition) is 0. The maximum absolute atomic E-state index is 2.41. The lowest BCUT2D eigenvalue weighted by atomic mass is 9.85. The summed E-state index contributed by atoms with van der Waals surface area (Å²) < 4.78 is 0. The molecule has 194 valence electrons. The molecule has 7 rings (SSSR count). The minimum absolute atomic E-state index is 0.128. The van der Waals surface area contributed by atoms with E-state index >= 15 is 0 Å². The van der Waals surface area contributed by atoms with Crippen LogP contribution in [0, 0.1) is 13.8 Å². The van der Waals surface area contributed by atoms with Gasteiger partial charge in [0.05, 0.1) is 0 Å². The molecule has 0 atom stereocenters. The first-order valence-corrected chi connectivity index (χ1v) is 14.3. The zero-order valence-electron chi connectivity index (χ0n) is 24.0. The number of rotatable bonds is 3. The molecule has 6 aromatic rings. The van der Waals surface area contributed by atoms with E-state index in [1.165, 1.54) is 83.1 Å². The molecule has 0 heterocycles. The zero-order chi connectivity index (χ0) is 27.6. The maximum atomic E-state index is 2.41. The van der Waals surface area contributed by atoms with E-state index in [9.17, 15) is 0 Å². The normalized spacial score (nSPS) is 12.1. The van der Waals surface area contributed by atoms with E-state index in [-0.39, 0.29) is 5.41 Å². The summed E-state index contributed by atoms with van der Waals surface area (Å²) in [6.45, 7) is 11.3. The fourth-order valence-corrected chi connectivity index (χ4v) is 6.46. The highest BCUT2D eigenvalue weighted by atomic mass is 14.3. The molecule has 1 aliphatic carbocycles. The van der Waals surface area contributed by atoms with Gasteiger partial charge in [0.15, 0.2) is 0 Å². The summed E-state index contributed by atoms with van der Waals surface area (Å²) in [5, 5.41) is 2.71. The second-order valence-electron chi connectivity index (χ2n) is 12.3. The van der Waals surface area contributed by atoms with Crippen LogP contribution in [0.2, 0.25) is 0 Å². The Kier molecular flexibility index (Phi) is 5.58. The van der Waals surface area contributed by atoms with Gasteiger partial charge >= 0.3 is 0 Å². The minimum Gasteiger partial charge on any atom is -0.0622 e. The Hall–Kier alpha value is -4.42. The van der Waals surface area contributed by atoms with E-state index in [2.05, 4.69) is 150 Å². The van der Waals surface area contributed by atoms with Crippen LogP contribution >= 0.6 is 0 Å². The predicted molar refractivity (Wildman–Crippen MR) is 173 cm³/mol. The van der Waals surface area contributed by atoms with Crippen molar-refractivity contribution < 1.29 is 0 Å². The second kappa shape index (κ2) is 9.07. The van der Waals surface area contributed by atoms with Crippen LogP contribution in [0.5, 0.6) is 0 Å². The molecule has 0 saturated carbocycles. The van der Waals surface area contributed by atoms with Gasteiger partial charge < -0.3 is 0 Å². The first kappa shape index (κ1) is 24.6. The third-order valence-corrected chi connectivity index (χ3v) is 8.67. The summed E-state index contributed by atoms with van der Waals surface area (Å²) in [7, 11) is 0. The van der Waals surface area contributed by atoms with Gasteiger partial charge in [-0.05, 0) is 108 Å². The molecule has 0 aromatic heterocycles. The number of fused-ring (bicyclic) bond motifs is 3. The van der Waals surface area contributed by atoms with Gasteiger partial charge in [-0.25, -0.2) is 0 Å². The first-order chi connectivity index (χ1) is 19.3. The lowest BCUT2D eigenvalue weighted by molar-refractivity contribution is 0.590. The summed E-state index contributed by atoms with van der Waals surface area (Å²) >= 11 is 0. The van der Waals surface area contributed by atoms with Gasteiger partial charge in [-0.1, -0.05) is 130 Å². The van der Waals surface area contributed by atoms with Crippen molar-refractivity contribution in [1.29, 1.82) is 0 Å². The van der Waals surface area contributed by atoms with Crippen LogP contribution in [0.15, 0.2) is 115 Å². The Morgan fingerprint density at radius 3 is 1.60 bits per heavy atom. The zero-order valence-corrected chi connectivity index (χ0v) is 24.0. The molecule has 0 spiro atoms. The van der Waals surface area contributed by atoms with Crippen molar-refractivity contribution in [2.24, 2.45) is 0 Å². The van der Waals surface area contributed by atoms with Crippen LogP contribution in [0.25, 0.3) is 66.4 Å². The first-order valence-electron chi connectivity index (χ1n) is 14.3. The van der Waals surface area contributed by atoms with Gasteiger partial charge in [0.1, 0.15) is 0 Å². The van der Waals surface area contributed by atoms with E-state index in [4.69, 9.17) is 0 Å². The van der Waals surface area contributed by atoms with Gasteiger partial charge in [-0.15, -0.1) is 0 Å². The van der Waals surface area contributed by atoms with Crippen molar-refractivity contribution >= 4 is 10.8 Å². The molecule has 0 amide bonds. The highest BCUT2D eigenvalue weighted by molar-refractivity contribution is 6.18. The second-order valence-corrected chi connectivity index (χ2v) is 12.3. The average Bonchev–Trinajstić information content (AvgIpc) is 3.29. The van der Waals surface area contributed by atoms with Crippen molar-refractivity contribution in [2.45, 2.75) is 40.0 Å². The highest BCUT2D eigenvalue weighted by Gasteiger charge is 2.25. The summed E-state index contributed by atoms with van der Waals surface area (Å²) in [5.74, 6) is 0. The third kappa shape index (κ3) is 3.90. The molecular formula is C40H34. The Morgan fingerprint density at radius 1 is 0.400 bits per heavy atom. The monoisotopic (exact) mass is 514 g/mol. The van der Waals surface area contributed by atoms with Gasteiger partial charge in [0.2, 0.25) is 0 Å². The van der Waals surface area contributed by atoms with Crippen LogP contribution in [-0.2, 0) is 5.41 Å². The fraction of sp³-hybridized carbons (Fsp3) is 0.150. The fourth-order valence-electron chi connectivity index (χ4n) is 6.46. The van der Waals surface area contributed by atoms with Crippen molar-refractivity contribution in [2.75, 3.05) is 0 Å². The molecule has 0 radical (unpaired) electrons. The molecule has 0 heteroatoms. The molecule has 1 aliphatic rings. The summed E-state index contributed by atoms with van der Waals surface area (Å²) in [6.07, 6.45) is 0. The molecule has 0 unspecified atom stereocenters. The van der Waals surface area contributed by atoms with Crippen molar-refractivity contribution in [3.05, 3.63) is 132 Å². The van der Waals surface area contributed by atoms with Crippen molar-refractivity contribution in [3.8, 4) is 55.6 Å². The number of aryl methyl sites for hydroxylation is 2. The van der Waals surface area contributed by atoms with Crippen molar-refractivity contribution in [1.82, 2.24) is 0 Å². The summed E-state index contributed by atoms with van der Waals surface area (Å²) in [5.41, 5.74) is 17.2. The Morgan fingerprint density at radius 2 is 0.950 bits per heavy atom. The molecule has 0 bridgehead atoms. The van der Waals surface area contributed by atoms with Crippen LogP contribution in [0.1, 0.15) is 37.5 Å². The lowest BCUT2D eigenvalue weighted by Gasteiger charge is -2.20. The van der Waals surface area contributed by atoms with E-state index in [1.807, 2.05) is 0 Å². The topological polar surface area (TPSA) is 0 Å². The van der Waals surface area contributed by atoms with E-state index in [0.717, 1.165) is 0 Å². The van der Waals surface area contributed by atoms with Crippen molar-refractivity contribution in [3.63, 3.8) is 0 Å². The molecule has 0 aliphatic heterocycles. The summed E-state index contributed by atoms with van der Waals surface area (Å²) in [6, 6.07) is 43.0. The average molecular weight is 515 g/mol. The van der Waals surface area contributed by atoms with Crippen LogP contribution in [0.4, 0.5) is 0 Å². The maximum Gasteiger partial charge on any atom is -0.00201 e. The van der Waals surface area contributed by atoms with Gasteiger partial charge in [-0.3, -0.25) is 0 Å². The number of benzene rings is 6. The molecule has 0 nitrogen and oxygen atoms in total. The lowest BCUT2D eigenvalue weighted by Crippen LogP contribution is -2.10. The van der Waals surface area contributed by atoms with Crippen LogP contribution in [-0.4, -0.2) is 0 Å². The van der Waals surface area contributed by atoms with Crippen LogP contribution in [0.3, 0.4) is 0 Å². The molecule has 0 saturated heterocycles. The molecular weight excluding hydrogens is 480 g/mol. The Balaban J connectivity index is 1.28. The predicted octanol–water partition coefficient (Wildman–Crippen LogP) is 11.4. The van der Waals surface area contributed by atoms with E-state index in [1.54, 1.807) is 0 Å². The van der Waals surface area contributed by atoms with Gasteiger partial charge in [0.25, 0.3) is 0 Å². The largest absolute Gasteiger partial charge is 0.0622 e. The Bertz CT molecular complexity index is 1910. The van der Waals surface area contributed by atoms with Gasteiger partial charge in [-0.2, -0.15) is 0 Å². The molecule has 0 N–H and O–H groups in total. The minimum atomic E-state index is 0.128. The quantitative estimate of drug-likeness (QED) is 0.220. The number of hydrogen-bond acceptors (Lipinski definition) is 0. The van der Waals surface area contributed by atoms with E-state index < -0.39 is 0 Å².